The van der Waals surface area contributed by atoms with Gasteiger partial charge in [0.25, 0.3) is 0 Å². The molecule has 1 spiro atoms. The van der Waals surface area contributed by atoms with Gasteiger partial charge >= 0.3 is 12.8 Å². The second-order valence-electron chi connectivity index (χ2n) is 7.43. The molecule has 0 saturated heterocycles. The second-order valence-corrected chi connectivity index (χ2v) is 7.78. The minimum absolute atomic E-state index is 0.168. The summed E-state index contributed by atoms with van der Waals surface area (Å²) in [6.07, 6.45) is 0.0594. The van der Waals surface area contributed by atoms with Gasteiger partial charge in [-0.2, -0.15) is 22.0 Å². The molecule has 1 fully saturated rings. The maximum Gasteiger partial charge on any atom is 0.421 e. The lowest BCUT2D eigenvalue weighted by atomic mass is 9.78. The highest BCUT2D eigenvalue weighted by molar-refractivity contribution is 6.30. The number of rotatable bonds is 2. The molecule has 2 aliphatic heterocycles. The van der Waals surface area contributed by atoms with Crippen molar-refractivity contribution in [3.8, 4) is 0 Å². The van der Waals surface area contributed by atoms with Crippen molar-refractivity contribution in [2.45, 2.75) is 37.1 Å². The Labute approximate surface area is 161 Å². The zero-order chi connectivity index (χ0) is 19.8. The standard InChI is InChI=1S/C18H13ClF5N3O/c19-15-14-9-3-8(9)5-17(10(14)1-2-25-15)7-27-6-11(18(22,23)24)12(28-16(20)21)4-13(27)26-17/h1-2,4,6,8-9,16H,3,5,7H2/t8-,9-,17-/m1/s1. The molecule has 0 amide bonds. The van der Waals surface area contributed by atoms with E-state index >= 15 is 0 Å². The van der Waals surface area contributed by atoms with Gasteiger partial charge < -0.3 is 9.64 Å². The molecule has 0 aromatic carbocycles. The van der Waals surface area contributed by atoms with Crippen LogP contribution in [0.3, 0.4) is 0 Å². The van der Waals surface area contributed by atoms with Crippen molar-refractivity contribution in [2.24, 2.45) is 10.9 Å². The third-order valence-electron chi connectivity index (χ3n) is 5.72. The summed E-state index contributed by atoms with van der Waals surface area (Å²) in [5.41, 5.74) is -0.284. The van der Waals surface area contributed by atoms with Gasteiger partial charge in [0.15, 0.2) is 0 Å². The Kier molecular flexibility index (Phi) is 3.63. The number of nitrogens with zero attached hydrogens (tertiary/aromatic N) is 3. The van der Waals surface area contributed by atoms with Crippen LogP contribution in [-0.2, 0) is 10.3 Å². The van der Waals surface area contributed by atoms with Crippen LogP contribution in [0, 0.1) is 5.92 Å². The summed E-state index contributed by atoms with van der Waals surface area (Å²) in [6.45, 7) is -3.19. The molecule has 4 aliphatic rings. The molecule has 3 heterocycles. The first-order chi connectivity index (χ1) is 13.2. The fraction of sp³-hybridized carbons (Fsp3) is 0.444. The predicted molar refractivity (Wildman–Crippen MR) is 89.8 cm³/mol. The number of halogens is 6. The highest BCUT2D eigenvalue weighted by atomic mass is 35.5. The van der Waals surface area contributed by atoms with E-state index in [1.807, 2.05) is 0 Å². The lowest BCUT2D eigenvalue weighted by molar-refractivity contribution is -0.121. The molecule has 148 valence electrons. The molecule has 2 aliphatic carbocycles. The predicted octanol–water partition coefficient (Wildman–Crippen LogP) is 4.73. The Balaban J connectivity index is 1.60. The van der Waals surface area contributed by atoms with Gasteiger partial charge in [-0.15, -0.1) is 0 Å². The van der Waals surface area contributed by atoms with Crippen molar-refractivity contribution in [2.75, 3.05) is 6.54 Å². The number of hydrogen-bond acceptors (Lipinski definition) is 4. The monoisotopic (exact) mass is 417 g/mol. The van der Waals surface area contributed by atoms with Crippen LogP contribution in [0.5, 0.6) is 0 Å². The topological polar surface area (TPSA) is 37.7 Å². The van der Waals surface area contributed by atoms with E-state index in [9.17, 15) is 22.0 Å². The zero-order valence-electron chi connectivity index (χ0n) is 14.2. The average Bonchev–Trinajstić information content (AvgIpc) is 3.25. The van der Waals surface area contributed by atoms with Gasteiger partial charge in [0.2, 0.25) is 0 Å². The van der Waals surface area contributed by atoms with Gasteiger partial charge in [0, 0.05) is 18.5 Å². The molecule has 0 unspecified atom stereocenters. The first-order valence-corrected chi connectivity index (χ1v) is 9.03. The fourth-order valence-corrected chi connectivity index (χ4v) is 4.86. The Morgan fingerprint density at radius 1 is 1.32 bits per heavy atom. The van der Waals surface area contributed by atoms with E-state index in [1.54, 1.807) is 12.3 Å². The summed E-state index contributed by atoms with van der Waals surface area (Å²) in [4.78, 5) is 10.2. The van der Waals surface area contributed by atoms with E-state index in [1.165, 1.54) is 4.90 Å². The first-order valence-electron chi connectivity index (χ1n) is 8.65. The number of amidine groups is 1. The second kappa shape index (κ2) is 5.68. The minimum Gasteiger partial charge on any atom is -0.434 e. The fourth-order valence-electron chi connectivity index (χ4n) is 4.56. The van der Waals surface area contributed by atoms with Gasteiger partial charge in [-0.05, 0) is 41.9 Å². The van der Waals surface area contributed by atoms with E-state index in [-0.39, 0.29) is 12.4 Å². The number of aromatic nitrogens is 1. The maximum atomic E-state index is 13.4. The normalized spacial score (nSPS) is 30.4. The number of ether oxygens (including phenoxy) is 1. The van der Waals surface area contributed by atoms with E-state index in [2.05, 4.69) is 14.7 Å². The van der Waals surface area contributed by atoms with Crippen LogP contribution in [0.1, 0.15) is 29.9 Å². The van der Waals surface area contributed by atoms with Gasteiger partial charge in [-0.3, -0.25) is 4.99 Å². The molecule has 1 saturated carbocycles. The lowest BCUT2D eigenvalue weighted by Crippen LogP contribution is -2.36. The van der Waals surface area contributed by atoms with Crippen LogP contribution in [0.25, 0.3) is 0 Å². The van der Waals surface area contributed by atoms with Gasteiger partial charge in [0.1, 0.15) is 27.9 Å². The van der Waals surface area contributed by atoms with E-state index in [0.717, 1.165) is 29.8 Å². The third kappa shape index (κ3) is 2.62. The maximum absolute atomic E-state index is 13.4. The molecule has 5 rings (SSSR count). The molecular weight excluding hydrogens is 405 g/mol. The molecule has 0 radical (unpaired) electrons. The summed E-state index contributed by atoms with van der Waals surface area (Å²) in [5, 5.41) is 0.387. The SMILES string of the molecule is FC(F)OC1=CC2=N[C@]3(C[C@H]4C[C@H]4c4c3ccnc4Cl)CN2C=C1C(F)(F)F. The molecule has 10 heteroatoms. The third-order valence-corrected chi connectivity index (χ3v) is 6.02. The van der Waals surface area contributed by atoms with Crippen molar-refractivity contribution in [1.29, 1.82) is 0 Å². The Morgan fingerprint density at radius 3 is 2.82 bits per heavy atom. The summed E-state index contributed by atoms with van der Waals surface area (Å²) >= 11 is 6.29. The van der Waals surface area contributed by atoms with Crippen molar-refractivity contribution in [3.05, 3.63) is 52.2 Å². The highest BCUT2D eigenvalue weighted by Gasteiger charge is 2.56. The highest BCUT2D eigenvalue weighted by Crippen LogP contribution is 2.62. The number of fused-ring (bicyclic) bond motifs is 5. The molecule has 1 aromatic rings. The first kappa shape index (κ1) is 17.9. The number of aliphatic imine (C=N–C) groups is 1. The van der Waals surface area contributed by atoms with Crippen molar-refractivity contribution >= 4 is 17.4 Å². The van der Waals surface area contributed by atoms with Crippen LogP contribution in [0.15, 0.2) is 40.9 Å². The van der Waals surface area contributed by atoms with Crippen molar-refractivity contribution in [3.63, 3.8) is 0 Å². The molecule has 0 bridgehead atoms. The molecular formula is C18H13ClF5N3O. The Bertz CT molecular complexity index is 957. The van der Waals surface area contributed by atoms with Gasteiger partial charge in [0.05, 0.1) is 6.54 Å². The molecule has 28 heavy (non-hydrogen) atoms. The number of pyridine rings is 1. The molecule has 4 nitrogen and oxygen atoms in total. The smallest absolute Gasteiger partial charge is 0.421 e. The average molecular weight is 418 g/mol. The summed E-state index contributed by atoms with van der Waals surface area (Å²) in [5.74, 6) is -0.120. The van der Waals surface area contributed by atoms with Gasteiger partial charge in [-0.1, -0.05) is 11.6 Å². The number of alkyl halides is 5. The van der Waals surface area contributed by atoms with Crippen LogP contribution in [-0.4, -0.2) is 35.1 Å². The van der Waals surface area contributed by atoms with Crippen LogP contribution in [0.4, 0.5) is 22.0 Å². The lowest BCUT2D eigenvalue weighted by Gasteiger charge is -2.33. The number of hydrogen-bond donors (Lipinski definition) is 0. The zero-order valence-corrected chi connectivity index (χ0v) is 14.9. The quantitative estimate of drug-likeness (QED) is 0.515. The summed E-state index contributed by atoms with van der Waals surface area (Å²) < 4.78 is 69.5. The Morgan fingerprint density at radius 2 is 2.11 bits per heavy atom. The van der Waals surface area contributed by atoms with Crippen LogP contribution < -0.4 is 0 Å². The summed E-state index contributed by atoms with van der Waals surface area (Å²) in [7, 11) is 0. The minimum atomic E-state index is -4.83. The van der Waals surface area contributed by atoms with E-state index in [0.29, 0.717) is 23.4 Å². The summed E-state index contributed by atoms with van der Waals surface area (Å²) in [6, 6.07) is 1.80. The van der Waals surface area contributed by atoms with Crippen molar-refractivity contribution in [1.82, 2.24) is 9.88 Å². The number of allylic oxidation sites excluding steroid dienone is 1. The van der Waals surface area contributed by atoms with Crippen LogP contribution in [0.2, 0.25) is 5.15 Å². The largest absolute Gasteiger partial charge is 0.434 e. The molecule has 0 N–H and O–H groups in total. The van der Waals surface area contributed by atoms with Crippen molar-refractivity contribution < 1.29 is 26.7 Å². The molecule has 1 aromatic heterocycles. The van der Waals surface area contributed by atoms with E-state index < -0.39 is 29.7 Å². The Hall–Kier alpha value is -2.16. The van der Waals surface area contributed by atoms with Crippen LogP contribution >= 0.6 is 11.6 Å². The molecule has 3 atom stereocenters. The van der Waals surface area contributed by atoms with Gasteiger partial charge in [-0.25, -0.2) is 4.98 Å². The van der Waals surface area contributed by atoms with E-state index in [4.69, 9.17) is 11.6 Å².